The standard InChI is InChI=1S/C11H13ClN4O3/c1-13-10(17)8-6-19-5-4-16(8)11(18)7-2-3-9(12)15-14-7/h2-3,8H,4-6H2,1H3,(H,13,17). The summed E-state index contributed by atoms with van der Waals surface area (Å²) in [7, 11) is 1.52. The number of carbonyl (C=O) groups is 2. The Kier molecular flexibility index (Phi) is 4.28. The Hall–Kier alpha value is -1.73. The van der Waals surface area contributed by atoms with E-state index in [0.29, 0.717) is 13.2 Å². The van der Waals surface area contributed by atoms with Gasteiger partial charge in [-0.05, 0) is 12.1 Å². The Morgan fingerprint density at radius 2 is 2.26 bits per heavy atom. The Balaban J connectivity index is 2.20. The summed E-state index contributed by atoms with van der Waals surface area (Å²) in [5.74, 6) is -0.629. The molecule has 2 amide bonds. The highest BCUT2D eigenvalue weighted by Gasteiger charge is 2.33. The molecule has 1 aliphatic rings. The van der Waals surface area contributed by atoms with E-state index >= 15 is 0 Å². The minimum absolute atomic E-state index is 0.153. The Morgan fingerprint density at radius 3 is 2.89 bits per heavy atom. The molecule has 1 unspecified atom stereocenters. The molecule has 0 bridgehead atoms. The van der Waals surface area contributed by atoms with E-state index in [1.54, 1.807) is 0 Å². The summed E-state index contributed by atoms with van der Waals surface area (Å²) >= 11 is 5.62. The van der Waals surface area contributed by atoms with Crippen LogP contribution in [0.5, 0.6) is 0 Å². The fraction of sp³-hybridized carbons (Fsp3) is 0.455. The molecule has 1 aliphatic heterocycles. The van der Waals surface area contributed by atoms with Crippen molar-refractivity contribution in [1.29, 1.82) is 0 Å². The molecule has 1 atom stereocenters. The fourth-order valence-electron chi connectivity index (χ4n) is 1.81. The summed E-state index contributed by atoms with van der Waals surface area (Å²) in [6.45, 7) is 0.897. The minimum atomic E-state index is -0.649. The van der Waals surface area contributed by atoms with Gasteiger partial charge in [-0.15, -0.1) is 10.2 Å². The number of hydrogen-bond acceptors (Lipinski definition) is 5. The first kappa shape index (κ1) is 13.7. The molecule has 102 valence electrons. The van der Waals surface area contributed by atoms with Crippen LogP contribution >= 0.6 is 11.6 Å². The Labute approximate surface area is 114 Å². The highest BCUT2D eigenvalue weighted by Crippen LogP contribution is 2.12. The van der Waals surface area contributed by atoms with Gasteiger partial charge in [0.05, 0.1) is 13.2 Å². The third-order valence-corrected chi connectivity index (χ3v) is 2.99. The molecule has 0 radical (unpaired) electrons. The van der Waals surface area contributed by atoms with E-state index < -0.39 is 6.04 Å². The number of amides is 2. The van der Waals surface area contributed by atoms with Crippen molar-refractivity contribution < 1.29 is 14.3 Å². The van der Waals surface area contributed by atoms with Crippen molar-refractivity contribution in [2.75, 3.05) is 26.8 Å². The fourth-order valence-corrected chi connectivity index (χ4v) is 1.91. The van der Waals surface area contributed by atoms with Gasteiger partial charge in [-0.3, -0.25) is 9.59 Å². The maximum Gasteiger partial charge on any atom is 0.275 e. The van der Waals surface area contributed by atoms with Crippen molar-refractivity contribution >= 4 is 23.4 Å². The van der Waals surface area contributed by atoms with Crippen LogP contribution in [0.3, 0.4) is 0 Å². The molecule has 2 rings (SSSR count). The number of halogens is 1. The van der Waals surface area contributed by atoms with E-state index in [0.717, 1.165) is 0 Å². The number of likely N-dealkylation sites (N-methyl/N-ethyl adjacent to an activating group) is 1. The summed E-state index contributed by atoms with van der Waals surface area (Å²) in [5.41, 5.74) is 0.153. The first-order chi connectivity index (χ1) is 9.13. The van der Waals surface area contributed by atoms with Gasteiger partial charge < -0.3 is 15.0 Å². The van der Waals surface area contributed by atoms with E-state index in [1.165, 1.54) is 24.1 Å². The molecule has 8 heteroatoms. The zero-order valence-corrected chi connectivity index (χ0v) is 11.1. The lowest BCUT2D eigenvalue weighted by Crippen LogP contribution is -2.55. The third kappa shape index (κ3) is 2.99. The van der Waals surface area contributed by atoms with Crippen molar-refractivity contribution in [3.05, 3.63) is 23.0 Å². The van der Waals surface area contributed by atoms with Crippen molar-refractivity contribution in [1.82, 2.24) is 20.4 Å². The molecule has 1 fully saturated rings. The molecule has 0 spiro atoms. The van der Waals surface area contributed by atoms with Gasteiger partial charge in [0.25, 0.3) is 5.91 Å². The topological polar surface area (TPSA) is 84.4 Å². The molecule has 1 aromatic heterocycles. The second kappa shape index (κ2) is 5.94. The first-order valence-corrected chi connectivity index (χ1v) is 6.11. The zero-order valence-electron chi connectivity index (χ0n) is 10.3. The number of morpholine rings is 1. The van der Waals surface area contributed by atoms with Crippen LogP contribution in [0.25, 0.3) is 0 Å². The maximum absolute atomic E-state index is 12.3. The number of nitrogens with zero attached hydrogens (tertiary/aromatic N) is 3. The second-order valence-corrected chi connectivity index (χ2v) is 4.33. The number of ether oxygens (including phenoxy) is 1. The van der Waals surface area contributed by atoms with Gasteiger partial charge in [0, 0.05) is 13.6 Å². The molecule has 19 heavy (non-hydrogen) atoms. The van der Waals surface area contributed by atoms with E-state index in [9.17, 15) is 9.59 Å². The molecule has 1 saturated heterocycles. The van der Waals surface area contributed by atoms with Gasteiger partial charge in [0.1, 0.15) is 6.04 Å². The van der Waals surface area contributed by atoms with Crippen LogP contribution in [-0.4, -0.2) is 59.8 Å². The van der Waals surface area contributed by atoms with E-state index in [1.807, 2.05) is 0 Å². The maximum atomic E-state index is 12.3. The lowest BCUT2D eigenvalue weighted by Gasteiger charge is -2.33. The van der Waals surface area contributed by atoms with Crippen molar-refractivity contribution in [3.8, 4) is 0 Å². The molecule has 1 aromatic rings. The lowest BCUT2D eigenvalue weighted by atomic mass is 10.2. The van der Waals surface area contributed by atoms with Crippen LogP contribution in [0.1, 0.15) is 10.5 Å². The summed E-state index contributed by atoms with van der Waals surface area (Å²) in [6.07, 6.45) is 0. The Morgan fingerprint density at radius 1 is 1.47 bits per heavy atom. The van der Waals surface area contributed by atoms with E-state index in [-0.39, 0.29) is 29.3 Å². The van der Waals surface area contributed by atoms with Crippen molar-refractivity contribution in [2.24, 2.45) is 0 Å². The predicted octanol–water partition coefficient (Wildman–Crippen LogP) is -0.283. The summed E-state index contributed by atoms with van der Waals surface area (Å²) < 4.78 is 5.23. The zero-order chi connectivity index (χ0) is 13.8. The van der Waals surface area contributed by atoms with Gasteiger partial charge in [-0.2, -0.15) is 0 Å². The molecule has 0 aromatic carbocycles. The molecule has 1 N–H and O–H groups in total. The normalized spacial score (nSPS) is 19.1. The lowest BCUT2D eigenvalue weighted by molar-refractivity contribution is -0.130. The van der Waals surface area contributed by atoms with Crippen LogP contribution in [0.2, 0.25) is 5.15 Å². The molecular formula is C11H13ClN4O3. The third-order valence-electron chi connectivity index (χ3n) is 2.79. The minimum Gasteiger partial charge on any atom is -0.377 e. The average molecular weight is 285 g/mol. The Bertz CT molecular complexity index is 479. The predicted molar refractivity (Wildman–Crippen MR) is 66.8 cm³/mol. The molecule has 0 saturated carbocycles. The summed E-state index contributed by atoms with van der Waals surface area (Å²) in [6, 6.07) is 2.31. The largest absolute Gasteiger partial charge is 0.377 e. The van der Waals surface area contributed by atoms with Crippen LogP contribution in [0, 0.1) is 0 Å². The number of aromatic nitrogens is 2. The van der Waals surface area contributed by atoms with Crippen LogP contribution in [-0.2, 0) is 9.53 Å². The second-order valence-electron chi connectivity index (χ2n) is 3.94. The molecule has 0 aliphatic carbocycles. The van der Waals surface area contributed by atoms with Crippen molar-refractivity contribution in [2.45, 2.75) is 6.04 Å². The van der Waals surface area contributed by atoms with E-state index in [4.69, 9.17) is 16.3 Å². The van der Waals surface area contributed by atoms with Gasteiger partial charge in [0.15, 0.2) is 10.8 Å². The van der Waals surface area contributed by atoms with Crippen LogP contribution in [0.15, 0.2) is 12.1 Å². The SMILES string of the molecule is CNC(=O)C1COCCN1C(=O)c1ccc(Cl)nn1. The summed E-state index contributed by atoms with van der Waals surface area (Å²) in [5, 5.41) is 10.1. The van der Waals surface area contributed by atoms with E-state index in [2.05, 4.69) is 15.5 Å². The molecular weight excluding hydrogens is 272 g/mol. The number of rotatable bonds is 2. The monoisotopic (exact) mass is 284 g/mol. The van der Waals surface area contributed by atoms with Gasteiger partial charge in [-0.1, -0.05) is 11.6 Å². The molecule has 7 nitrogen and oxygen atoms in total. The van der Waals surface area contributed by atoms with Gasteiger partial charge in [-0.25, -0.2) is 0 Å². The van der Waals surface area contributed by atoms with Crippen LogP contribution in [0.4, 0.5) is 0 Å². The van der Waals surface area contributed by atoms with Gasteiger partial charge >= 0.3 is 0 Å². The average Bonchev–Trinajstić information content (AvgIpc) is 2.46. The number of hydrogen-bond donors (Lipinski definition) is 1. The van der Waals surface area contributed by atoms with Gasteiger partial charge in [0.2, 0.25) is 5.91 Å². The smallest absolute Gasteiger partial charge is 0.275 e. The first-order valence-electron chi connectivity index (χ1n) is 5.73. The molecule has 2 heterocycles. The number of carbonyl (C=O) groups excluding carboxylic acids is 2. The quantitative estimate of drug-likeness (QED) is 0.807. The number of nitrogens with one attached hydrogen (secondary N) is 1. The van der Waals surface area contributed by atoms with Crippen molar-refractivity contribution in [3.63, 3.8) is 0 Å². The highest BCUT2D eigenvalue weighted by atomic mass is 35.5. The highest BCUT2D eigenvalue weighted by molar-refractivity contribution is 6.29. The summed E-state index contributed by atoms with van der Waals surface area (Å²) in [4.78, 5) is 25.4. The van der Waals surface area contributed by atoms with Crippen LogP contribution < -0.4 is 5.32 Å².